The molecule has 0 atom stereocenters. The molecule has 3 aromatic rings. The van der Waals surface area contributed by atoms with Crippen molar-refractivity contribution < 1.29 is 13.2 Å². The quantitative estimate of drug-likeness (QED) is 0.400. The van der Waals surface area contributed by atoms with Crippen molar-refractivity contribution >= 4 is 23.8 Å². The van der Waals surface area contributed by atoms with Crippen molar-refractivity contribution in [1.82, 2.24) is 19.7 Å². The largest absolute Gasteiger partial charge is 0.416 e. The molecular weight excluding hydrogens is 397 g/mol. The molecule has 0 aliphatic heterocycles. The number of hydrogen-bond donors (Lipinski definition) is 1. The van der Waals surface area contributed by atoms with Gasteiger partial charge in [-0.2, -0.15) is 18.3 Å². The zero-order chi connectivity index (χ0) is 20.4. The van der Waals surface area contributed by atoms with Gasteiger partial charge in [-0.1, -0.05) is 25.4 Å². The average molecular weight is 415 g/mol. The Labute approximate surface area is 165 Å². The molecule has 9 heteroatoms. The molecular formula is C18H18ClF3N4S. The minimum atomic E-state index is -4.46. The van der Waals surface area contributed by atoms with E-state index in [1.807, 2.05) is 13.8 Å². The van der Waals surface area contributed by atoms with Crippen LogP contribution in [0, 0.1) is 11.7 Å². The van der Waals surface area contributed by atoms with Gasteiger partial charge in [0.25, 0.3) is 0 Å². The fourth-order valence-corrected chi connectivity index (χ4v) is 2.91. The molecule has 0 saturated carbocycles. The zero-order valence-electron chi connectivity index (χ0n) is 15.1. The normalized spacial score (nSPS) is 11.1. The first-order valence-electron chi connectivity index (χ1n) is 8.14. The van der Waals surface area contributed by atoms with Crippen LogP contribution < -0.4 is 0 Å². The number of nitrogens with zero attached hydrogens (tertiary/aromatic N) is 3. The molecule has 0 fully saturated rings. The minimum absolute atomic E-state index is 0.203. The summed E-state index contributed by atoms with van der Waals surface area (Å²) < 4.78 is 41.5. The van der Waals surface area contributed by atoms with Gasteiger partial charge in [0.15, 0.2) is 10.6 Å². The van der Waals surface area contributed by atoms with Crippen LogP contribution in [0.4, 0.5) is 13.2 Å². The van der Waals surface area contributed by atoms with E-state index < -0.39 is 11.7 Å². The Bertz CT molecular complexity index is 988. The summed E-state index contributed by atoms with van der Waals surface area (Å²) in [7, 11) is 1.69. The van der Waals surface area contributed by atoms with Crippen molar-refractivity contribution in [2.24, 2.45) is 7.05 Å². The van der Waals surface area contributed by atoms with Crippen LogP contribution in [0.15, 0.2) is 30.3 Å². The van der Waals surface area contributed by atoms with E-state index in [9.17, 15) is 13.2 Å². The number of alkyl halides is 3. The molecule has 3 rings (SSSR count). The van der Waals surface area contributed by atoms with Crippen LogP contribution in [0.1, 0.15) is 25.1 Å². The molecule has 0 bridgehead atoms. The summed E-state index contributed by atoms with van der Waals surface area (Å²) in [5.41, 5.74) is 1.21. The third-order valence-electron chi connectivity index (χ3n) is 3.70. The lowest BCUT2D eigenvalue weighted by atomic mass is 9.96. The van der Waals surface area contributed by atoms with Crippen molar-refractivity contribution in [3.63, 3.8) is 0 Å². The first-order chi connectivity index (χ1) is 12.7. The number of benzene rings is 1. The Morgan fingerprint density at radius 3 is 2.30 bits per heavy atom. The van der Waals surface area contributed by atoms with Crippen molar-refractivity contribution in [1.29, 1.82) is 0 Å². The highest BCUT2D eigenvalue weighted by atomic mass is 35.5. The lowest BCUT2D eigenvalue weighted by Gasteiger charge is -2.14. The maximum absolute atomic E-state index is 13.2. The molecule has 0 saturated heterocycles. The number of H-pyrrole nitrogens is 1. The molecule has 1 N–H and O–H groups in total. The maximum atomic E-state index is 13.2. The summed E-state index contributed by atoms with van der Waals surface area (Å²) in [5, 5.41) is 6.96. The molecule has 2 aromatic heterocycles. The van der Waals surface area contributed by atoms with Crippen molar-refractivity contribution in [3.05, 3.63) is 51.5 Å². The molecule has 27 heavy (non-hydrogen) atoms. The number of hydrogen-bond acceptors (Lipinski definition) is 3. The van der Waals surface area contributed by atoms with Gasteiger partial charge in [0.2, 0.25) is 0 Å². The van der Waals surface area contributed by atoms with Crippen LogP contribution in [0.5, 0.6) is 0 Å². The standard InChI is InChI=1S/C16H12ClF3N4S.C2H6/c1-8-5-9(6-13(17)21-8)12-7-10(16(18,19)20)3-4-11(12)14-22-23-15(25)24(14)2;1-2/h3-7H,1-2H3,(H,23,25);1-2H3. The SMILES string of the molecule is CC.Cc1cc(-c2cc(C(F)(F)F)ccc2-c2n[nH]c(=S)n2C)cc(Cl)n1. The number of rotatable bonds is 2. The lowest BCUT2D eigenvalue weighted by Crippen LogP contribution is -2.06. The summed E-state index contributed by atoms with van der Waals surface area (Å²) in [4.78, 5) is 4.05. The number of pyridine rings is 1. The fourth-order valence-electron chi connectivity index (χ4n) is 2.53. The van der Waals surface area contributed by atoms with E-state index in [-0.39, 0.29) is 5.15 Å². The van der Waals surface area contributed by atoms with Crippen LogP contribution in [0.25, 0.3) is 22.5 Å². The molecule has 2 heterocycles. The second-order valence-corrected chi connectivity index (χ2v) is 6.26. The number of aromatic nitrogens is 4. The van der Waals surface area contributed by atoms with E-state index in [2.05, 4.69) is 15.2 Å². The van der Waals surface area contributed by atoms with Gasteiger partial charge in [0.1, 0.15) is 5.15 Å². The van der Waals surface area contributed by atoms with Gasteiger partial charge >= 0.3 is 6.18 Å². The third-order valence-corrected chi connectivity index (χ3v) is 4.26. The summed E-state index contributed by atoms with van der Waals surface area (Å²) in [6, 6.07) is 6.68. The Morgan fingerprint density at radius 1 is 1.11 bits per heavy atom. The topological polar surface area (TPSA) is 46.5 Å². The van der Waals surface area contributed by atoms with E-state index in [4.69, 9.17) is 23.8 Å². The number of aromatic amines is 1. The number of nitrogens with one attached hydrogen (secondary N) is 1. The second-order valence-electron chi connectivity index (χ2n) is 5.49. The van der Waals surface area contributed by atoms with Crippen molar-refractivity contribution in [2.75, 3.05) is 0 Å². The first-order valence-corrected chi connectivity index (χ1v) is 8.93. The van der Waals surface area contributed by atoms with Gasteiger partial charge in [0.05, 0.1) is 5.56 Å². The van der Waals surface area contributed by atoms with E-state index >= 15 is 0 Å². The maximum Gasteiger partial charge on any atom is 0.416 e. The minimum Gasteiger partial charge on any atom is -0.303 e. The van der Waals surface area contributed by atoms with Crippen molar-refractivity contribution in [2.45, 2.75) is 26.9 Å². The summed E-state index contributed by atoms with van der Waals surface area (Å²) in [5.74, 6) is 0.430. The number of halogens is 4. The number of aryl methyl sites for hydroxylation is 1. The highest BCUT2D eigenvalue weighted by Gasteiger charge is 2.31. The van der Waals surface area contributed by atoms with Crippen LogP contribution >= 0.6 is 23.8 Å². The molecule has 0 radical (unpaired) electrons. The fraction of sp³-hybridized carbons (Fsp3) is 0.278. The van der Waals surface area contributed by atoms with Gasteiger partial charge in [-0.05, 0) is 60.6 Å². The highest BCUT2D eigenvalue weighted by molar-refractivity contribution is 7.71. The second kappa shape index (κ2) is 8.22. The van der Waals surface area contributed by atoms with E-state index in [1.54, 1.807) is 24.6 Å². The van der Waals surface area contributed by atoms with Gasteiger partial charge in [0, 0.05) is 18.3 Å². The zero-order valence-corrected chi connectivity index (χ0v) is 16.7. The van der Waals surface area contributed by atoms with Crippen LogP contribution in [0.3, 0.4) is 0 Å². The summed E-state index contributed by atoms with van der Waals surface area (Å²) >= 11 is 11.1. The molecule has 0 aliphatic rings. The third kappa shape index (κ3) is 4.56. The molecule has 0 amide bonds. The van der Waals surface area contributed by atoms with Crippen molar-refractivity contribution in [3.8, 4) is 22.5 Å². The monoisotopic (exact) mass is 414 g/mol. The van der Waals surface area contributed by atoms with Crippen LogP contribution in [0.2, 0.25) is 5.15 Å². The van der Waals surface area contributed by atoms with Gasteiger partial charge in [-0.15, -0.1) is 0 Å². The molecule has 144 valence electrons. The van der Waals surface area contributed by atoms with Gasteiger partial charge < -0.3 is 4.57 Å². The van der Waals surface area contributed by atoms with Gasteiger partial charge in [-0.25, -0.2) is 4.98 Å². The smallest absolute Gasteiger partial charge is 0.303 e. The Hall–Kier alpha value is -2.19. The lowest BCUT2D eigenvalue weighted by molar-refractivity contribution is -0.137. The average Bonchev–Trinajstić information content (AvgIpc) is 2.93. The van der Waals surface area contributed by atoms with E-state index in [0.717, 1.165) is 12.1 Å². The summed E-state index contributed by atoms with van der Waals surface area (Å²) in [6.45, 7) is 5.72. The van der Waals surface area contributed by atoms with Gasteiger partial charge in [-0.3, -0.25) is 5.10 Å². The Balaban J connectivity index is 0.00000126. The molecule has 1 aromatic carbocycles. The van der Waals surface area contributed by atoms with Crippen LogP contribution in [-0.2, 0) is 13.2 Å². The molecule has 0 aliphatic carbocycles. The van der Waals surface area contributed by atoms with Crippen LogP contribution in [-0.4, -0.2) is 19.7 Å². The van der Waals surface area contributed by atoms with E-state index in [1.165, 1.54) is 12.1 Å². The summed E-state index contributed by atoms with van der Waals surface area (Å²) in [6.07, 6.45) is -4.46. The Kier molecular flexibility index (Phi) is 6.43. The van der Waals surface area contributed by atoms with E-state index in [0.29, 0.717) is 33.0 Å². The predicted molar refractivity (Wildman–Crippen MR) is 103 cm³/mol. The predicted octanol–water partition coefficient (Wildman–Crippen LogP) is 6.21. The molecule has 0 spiro atoms. The molecule has 0 unspecified atom stereocenters. The highest BCUT2D eigenvalue weighted by Crippen LogP contribution is 2.38. The first kappa shape index (κ1) is 21.1. The molecule has 4 nitrogen and oxygen atoms in total. The Morgan fingerprint density at radius 2 is 1.78 bits per heavy atom.